The van der Waals surface area contributed by atoms with E-state index in [2.05, 4.69) is 40.3 Å². The van der Waals surface area contributed by atoms with Crippen LogP contribution in [0.25, 0.3) is 0 Å². The molecule has 0 fully saturated rings. The summed E-state index contributed by atoms with van der Waals surface area (Å²) in [6.45, 7) is 4.48. The third kappa shape index (κ3) is 5.26. The number of benzene rings is 2. The third-order valence-corrected chi connectivity index (χ3v) is 4.25. The van der Waals surface area contributed by atoms with Gasteiger partial charge in [-0.3, -0.25) is 4.79 Å². The van der Waals surface area contributed by atoms with Gasteiger partial charge in [0.1, 0.15) is 5.75 Å². The zero-order valence-corrected chi connectivity index (χ0v) is 15.4. The Kier molecular flexibility index (Phi) is 6.48. The molecular formula is C18H19BrClNO2. The van der Waals surface area contributed by atoms with Gasteiger partial charge >= 0.3 is 0 Å². The van der Waals surface area contributed by atoms with Crippen LogP contribution in [0.3, 0.4) is 0 Å². The lowest BCUT2D eigenvalue weighted by Gasteiger charge is -2.14. The maximum Gasteiger partial charge on any atom is 0.257 e. The summed E-state index contributed by atoms with van der Waals surface area (Å²) < 4.78 is 6.44. The van der Waals surface area contributed by atoms with Crippen LogP contribution in [0, 0.1) is 6.92 Å². The fourth-order valence-electron chi connectivity index (χ4n) is 2.23. The van der Waals surface area contributed by atoms with Crippen molar-refractivity contribution in [2.45, 2.75) is 19.8 Å². The molecule has 122 valence electrons. The molecule has 0 aliphatic carbocycles. The Balaban J connectivity index is 1.84. The van der Waals surface area contributed by atoms with Crippen molar-refractivity contribution in [3.63, 3.8) is 0 Å². The molecule has 0 spiro atoms. The Morgan fingerprint density at radius 1 is 1.30 bits per heavy atom. The van der Waals surface area contributed by atoms with Gasteiger partial charge in [-0.1, -0.05) is 64.8 Å². The van der Waals surface area contributed by atoms with E-state index in [-0.39, 0.29) is 18.4 Å². The minimum absolute atomic E-state index is 0.0519. The topological polar surface area (TPSA) is 38.3 Å². The third-order valence-electron chi connectivity index (χ3n) is 3.52. The highest BCUT2D eigenvalue weighted by Crippen LogP contribution is 2.31. The maximum atomic E-state index is 12.0. The summed E-state index contributed by atoms with van der Waals surface area (Å²) in [6, 6.07) is 13.7. The standard InChI is InChI=1S/C18H19BrClNO2/c1-12-8-15(19)9-16(20)18(12)23-11-17(22)21-10-13(2)14-6-4-3-5-7-14/h3-9,13H,10-11H2,1-2H3,(H,21,22)/t13-/m0/s1. The van der Waals surface area contributed by atoms with Gasteiger partial charge in [0.25, 0.3) is 5.91 Å². The van der Waals surface area contributed by atoms with E-state index in [0.29, 0.717) is 17.3 Å². The number of halogens is 2. The molecule has 0 radical (unpaired) electrons. The molecule has 0 unspecified atom stereocenters. The average Bonchev–Trinajstić information content (AvgIpc) is 2.52. The van der Waals surface area contributed by atoms with Crippen LogP contribution in [0.2, 0.25) is 5.02 Å². The second-order valence-corrected chi connectivity index (χ2v) is 6.76. The molecule has 2 aromatic carbocycles. The molecular weight excluding hydrogens is 378 g/mol. The number of rotatable bonds is 6. The first-order chi connectivity index (χ1) is 11.0. The zero-order valence-electron chi connectivity index (χ0n) is 13.1. The fourth-order valence-corrected chi connectivity index (χ4v) is 3.25. The van der Waals surface area contributed by atoms with E-state index in [1.165, 1.54) is 5.56 Å². The number of ether oxygens (including phenoxy) is 1. The Morgan fingerprint density at radius 3 is 2.65 bits per heavy atom. The quantitative estimate of drug-likeness (QED) is 0.768. The molecule has 0 bridgehead atoms. The molecule has 2 rings (SSSR count). The summed E-state index contributed by atoms with van der Waals surface area (Å²) >= 11 is 9.51. The van der Waals surface area contributed by atoms with Gasteiger partial charge in [-0.15, -0.1) is 0 Å². The van der Waals surface area contributed by atoms with Gasteiger partial charge in [-0.05, 0) is 36.1 Å². The van der Waals surface area contributed by atoms with Crippen molar-refractivity contribution in [1.29, 1.82) is 0 Å². The Labute approximate surface area is 150 Å². The van der Waals surface area contributed by atoms with Gasteiger partial charge in [0, 0.05) is 11.0 Å². The van der Waals surface area contributed by atoms with Crippen molar-refractivity contribution >= 4 is 33.4 Å². The summed E-state index contributed by atoms with van der Waals surface area (Å²) in [4.78, 5) is 12.0. The van der Waals surface area contributed by atoms with Crippen molar-refractivity contribution in [2.75, 3.05) is 13.2 Å². The summed E-state index contributed by atoms with van der Waals surface area (Å²) in [5, 5.41) is 3.37. The van der Waals surface area contributed by atoms with Gasteiger partial charge in [-0.2, -0.15) is 0 Å². The molecule has 2 aromatic rings. The molecule has 5 heteroatoms. The zero-order chi connectivity index (χ0) is 16.8. The largest absolute Gasteiger partial charge is 0.482 e. The number of carbonyl (C=O) groups excluding carboxylic acids is 1. The van der Waals surface area contributed by atoms with Crippen LogP contribution in [0.4, 0.5) is 0 Å². The minimum Gasteiger partial charge on any atom is -0.482 e. The number of carbonyl (C=O) groups is 1. The molecule has 0 aliphatic rings. The monoisotopic (exact) mass is 395 g/mol. The van der Waals surface area contributed by atoms with Crippen LogP contribution in [0.1, 0.15) is 24.0 Å². The van der Waals surface area contributed by atoms with Crippen LogP contribution in [-0.2, 0) is 4.79 Å². The Morgan fingerprint density at radius 2 is 2.00 bits per heavy atom. The second-order valence-electron chi connectivity index (χ2n) is 5.44. The van der Waals surface area contributed by atoms with E-state index in [1.54, 1.807) is 6.07 Å². The lowest BCUT2D eigenvalue weighted by atomic mass is 10.0. The lowest BCUT2D eigenvalue weighted by molar-refractivity contribution is -0.123. The van der Waals surface area contributed by atoms with Gasteiger partial charge in [-0.25, -0.2) is 0 Å². The van der Waals surface area contributed by atoms with Gasteiger partial charge in [0.05, 0.1) is 5.02 Å². The maximum absolute atomic E-state index is 12.0. The minimum atomic E-state index is -0.161. The molecule has 1 atom stereocenters. The van der Waals surface area contributed by atoms with Crippen molar-refractivity contribution in [1.82, 2.24) is 5.32 Å². The van der Waals surface area contributed by atoms with Crippen LogP contribution in [0.15, 0.2) is 46.9 Å². The Bertz CT molecular complexity index is 653. The predicted molar refractivity (Wildman–Crippen MR) is 97.3 cm³/mol. The smallest absolute Gasteiger partial charge is 0.257 e. The SMILES string of the molecule is Cc1cc(Br)cc(Cl)c1OCC(=O)NC[C@H](C)c1ccccc1. The first-order valence-electron chi connectivity index (χ1n) is 7.37. The molecule has 23 heavy (non-hydrogen) atoms. The molecule has 3 nitrogen and oxygen atoms in total. The van der Waals surface area contributed by atoms with E-state index < -0.39 is 0 Å². The predicted octanol–water partition coefficient (Wildman–Crippen LogP) is 4.71. The van der Waals surface area contributed by atoms with Crippen LogP contribution in [0.5, 0.6) is 5.75 Å². The molecule has 1 amide bonds. The van der Waals surface area contributed by atoms with Crippen LogP contribution < -0.4 is 10.1 Å². The van der Waals surface area contributed by atoms with E-state index in [4.69, 9.17) is 16.3 Å². The number of hydrogen-bond donors (Lipinski definition) is 1. The average molecular weight is 397 g/mol. The molecule has 1 N–H and O–H groups in total. The highest BCUT2D eigenvalue weighted by molar-refractivity contribution is 9.10. The van der Waals surface area contributed by atoms with Crippen molar-refractivity contribution in [3.8, 4) is 5.75 Å². The number of amides is 1. The highest BCUT2D eigenvalue weighted by atomic mass is 79.9. The summed E-state index contributed by atoms with van der Waals surface area (Å²) in [5.41, 5.74) is 2.08. The van der Waals surface area contributed by atoms with E-state index in [9.17, 15) is 4.79 Å². The molecule has 0 saturated carbocycles. The molecule has 0 saturated heterocycles. The van der Waals surface area contributed by atoms with Gasteiger partial charge < -0.3 is 10.1 Å². The molecule has 0 heterocycles. The van der Waals surface area contributed by atoms with Gasteiger partial charge in [0.2, 0.25) is 0 Å². The van der Waals surface area contributed by atoms with Crippen molar-refractivity contribution in [3.05, 3.63) is 63.1 Å². The first-order valence-corrected chi connectivity index (χ1v) is 8.54. The van der Waals surface area contributed by atoms with E-state index >= 15 is 0 Å². The van der Waals surface area contributed by atoms with E-state index in [1.807, 2.05) is 31.2 Å². The summed E-state index contributed by atoms with van der Waals surface area (Å²) in [5.74, 6) is 0.630. The summed E-state index contributed by atoms with van der Waals surface area (Å²) in [7, 11) is 0. The Hall–Kier alpha value is -1.52. The molecule has 0 aromatic heterocycles. The first kappa shape index (κ1) is 17.8. The summed E-state index contributed by atoms with van der Waals surface area (Å²) in [6.07, 6.45) is 0. The van der Waals surface area contributed by atoms with Crippen molar-refractivity contribution in [2.24, 2.45) is 0 Å². The normalized spacial score (nSPS) is 11.8. The van der Waals surface area contributed by atoms with Crippen LogP contribution >= 0.6 is 27.5 Å². The van der Waals surface area contributed by atoms with Crippen molar-refractivity contribution < 1.29 is 9.53 Å². The molecule has 0 aliphatic heterocycles. The highest BCUT2D eigenvalue weighted by Gasteiger charge is 2.11. The van der Waals surface area contributed by atoms with Gasteiger partial charge in [0.15, 0.2) is 6.61 Å². The lowest BCUT2D eigenvalue weighted by Crippen LogP contribution is -2.32. The second kappa shape index (κ2) is 8.37. The van der Waals surface area contributed by atoms with E-state index in [0.717, 1.165) is 10.0 Å². The van der Waals surface area contributed by atoms with Crippen LogP contribution in [-0.4, -0.2) is 19.1 Å². The number of hydrogen-bond acceptors (Lipinski definition) is 2. The number of nitrogens with one attached hydrogen (secondary N) is 1. The number of aryl methyl sites for hydroxylation is 1. The fraction of sp³-hybridized carbons (Fsp3) is 0.278.